The van der Waals surface area contributed by atoms with Crippen LogP contribution < -0.4 is 15.8 Å². The second-order valence-corrected chi connectivity index (χ2v) is 8.38. The first kappa shape index (κ1) is 22.7. The average Bonchev–Trinajstić information content (AvgIpc) is 2.71. The summed E-state index contributed by atoms with van der Waals surface area (Å²) in [7, 11) is 0. The summed E-state index contributed by atoms with van der Waals surface area (Å²) in [5.74, 6) is 0.170. The largest absolute Gasteiger partial charge is 0.491 e. The second kappa shape index (κ2) is 10.9. The van der Waals surface area contributed by atoms with Gasteiger partial charge in [0.2, 0.25) is 5.91 Å². The van der Waals surface area contributed by atoms with Crippen LogP contribution in [0.15, 0.2) is 42.5 Å². The normalized spacial score (nSPS) is 16.2. The predicted molar refractivity (Wildman–Crippen MR) is 120 cm³/mol. The maximum Gasteiger partial charge on any atom is 0.221 e. The molecule has 1 aliphatic heterocycles. The van der Waals surface area contributed by atoms with E-state index in [9.17, 15) is 9.90 Å². The zero-order valence-corrected chi connectivity index (χ0v) is 18.2. The van der Waals surface area contributed by atoms with Gasteiger partial charge in [0.1, 0.15) is 18.5 Å². The lowest BCUT2D eigenvalue weighted by atomic mass is 10.0. The highest BCUT2D eigenvalue weighted by atomic mass is 35.5. The molecule has 0 spiro atoms. The van der Waals surface area contributed by atoms with Gasteiger partial charge in [-0.2, -0.15) is 0 Å². The van der Waals surface area contributed by atoms with Crippen molar-refractivity contribution >= 4 is 34.8 Å². The number of β-amino-alcohol motifs (C(OH)–C–C–N with tert-alkyl or cyclic N) is 1. The first-order valence-corrected chi connectivity index (χ1v) is 10.8. The Morgan fingerprint density at radius 2 is 1.93 bits per heavy atom. The minimum Gasteiger partial charge on any atom is -0.491 e. The SMILES string of the molecule is NC(=O)Cc1ccccc1OCC(O)CN1CCC(Nc2ccc(Cl)c(Cl)c2)CC1. The van der Waals surface area contributed by atoms with Gasteiger partial charge in [-0.25, -0.2) is 0 Å². The Bertz CT molecular complexity index is 857. The standard InChI is InChI=1S/C22H27Cl2N3O3/c23-19-6-5-17(12-20(19)24)26-16-7-9-27(10-8-16)13-18(28)14-30-21-4-2-1-3-15(21)11-22(25)29/h1-6,12,16,18,26,28H,7-11,13-14H2,(H2,25,29). The predicted octanol–water partition coefficient (Wildman–Crippen LogP) is 3.34. The number of para-hydroxylation sites is 1. The summed E-state index contributed by atoms with van der Waals surface area (Å²) in [6, 6.07) is 13.2. The van der Waals surface area contributed by atoms with E-state index in [0.717, 1.165) is 37.2 Å². The van der Waals surface area contributed by atoms with Crippen LogP contribution in [0.2, 0.25) is 10.0 Å². The lowest BCUT2D eigenvalue weighted by Gasteiger charge is -2.34. The minimum atomic E-state index is -0.619. The number of amides is 1. The van der Waals surface area contributed by atoms with Crippen LogP contribution >= 0.6 is 23.2 Å². The number of primary amides is 1. The number of piperidine rings is 1. The smallest absolute Gasteiger partial charge is 0.221 e. The maximum atomic E-state index is 11.2. The lowest BCUT2D eigenvalue weighted by Crippen LogP contribution is -2.43. The molecule has 8 heteroatoms. The molecule has 0 aliphatic carbocycles. The molecule has 0 saturated carbocycles. The number of hydrogen-bond acceptors (Lipinski definition) is 5. The molecule has 2 aromatic carbocycles. The summed E-state index contributed by atoms with van der Waals surface area (Å²) in [5.41, 5.74) is 6.97. The van der Waals surface area contributed by atoms with E-state index in [1.807, 2.05) is 24.3 Å². The maximum absolute atomic E-state index is 11.2. The number of halogens is 2. The van der Waals surface area contributed by atoms with Crippen molar-refractivity contribution in [3.8, 4) is 5.75 Å². The molecule has 30 heavy (non-hydrogen) atoms. The third-order valence-corrected chi connectivity index (χ3v) is 5.85. The van der Waals surface area contributed by atoms with Crippen LogP contribution in [0.25, 0.3) is 0 Å². The van der Waals surface area contributed by atoms with Crippen molar-refractivity contribution in [2.75, 3.05) is 31.6 Å². The zero-order chi connectivity index (χ0) is 21.5. The number of carbonyl (C=O) groups excluding carboxylic acids is 1. The van der Waals surface area contributed by atoms with E-state index in [-0.39, 0.29) is 13.0 Å². The number of aliphatic hydroxyl groups excluding tert-OH is 1. The minimum absolute atomic E-state index is 0.117. The van der Waals surface area contributed by atoms with Gasteiger partial charge < -0.3 is 25.8 Å². The second-order valence-electron chi connectivity index (χ2n) is 7.56. The summed E-state index contributed by atoms with van der Waals surface area (Å²) in [6.07, 6.45) is 1.43. The number of rotatable bonds is 9. The quantitative estimate of drug-likeness (QED) is 0.543. The van der Waals surface area contributed by atoms with E-state index >= 15 is 0 Å². The van der Waals surface area contributed by atoms with Crippen molar-refractivity contribution in [2.45, 2.75) is 31.4 Å². The van der Waals surface area contributed by atoms with Crippen LogP contribution in [0.1, 0.15) is 18.4 Å². The molecule has 0 radical (unpaired) electrons. The molecule has 2 aromatic rings. The lowest BCUT2D eigenvalue weighted by molar-refractivity contribution is -0.117. The molecule has 1 aliphatic rings. The molecule has 0 aromatic heterocycles. The summed E-state index contributed by atoms with van der Waals surface area (Å²) in [4.78, 5) is 13.4. The van der Waals surface area contributed by atoms with Gasteiger partial charge >= 0.3 is 0 Å². The van der Waals surface area contributed by atoms with E-state index in [4.69, 9.17) is 33.7 Å². The Labute approximate surface area is 186 Å². The number of nitrogens with one attached hydrogen (secondary N) is 1. The monoisotopic (exact) mass is 451 g/mol. The molecule has 1 atom stereocenters. The van der Waals surface area contributed by atoms with E-state index in [2.05, 4.69) is 10.2 Å². The molecule has 1 amide bonds. The summed E-state index contributed by atoms with van der Waals surface area (Å²) < 4.78 is 5.74. The number of aliphatic hydroxyl groups is 1. The number of ether oxygens (including phenoxy) is 1. The Hall–Kier alpha value is -1.99. The number of likely N-dealkylation sites (tertiary alicyclic amines) is 1. The van der Waals surface area contributed by atoms with Crippen molar-refractivity contribution in [1.82, 2.24) is 4.90 Å². The van der Waals surface area contributed by atoms with E-state index < -0.39 is 12.0 Å². The Kier molecular flexibility index (Phi) is 8.22. The number of carbonyl (C=O) groups is 1. The van der Waals surface area contributed by atoms with E-state index in [1.165, 1.54) is 0 Å². The Morgan fingerprint density at radius 1 is 1.20 bits per heavy atom. The summed E-state index contributed by atoms with van der Waals surface area (Å²) in [5, 5.41) is 15.0. The molecule has 1 heterocycles. The molecule has 1 unspecified atom stereocenters. The fourth-order valence-electron chi connectivity index (χ4n) is 3.60. The van der Waals surface area contributed by atoms with Gasteiger partial charge in [-0.1, -0.05) is 41.4 Å². The van der Waals surface area contributed by atoms with Crippen molar-refractivity contribution in [1.29, 1.82) is 0 Å². The van der Waals surface area contributed by atoms with E-state index in [1.54, 1.807) is 18.2 Å². The fourth-order valence-corrected chi connectivity index (χ4v) is 3.89. The zero-order valence-electron chi connectivity index (χ0n) is 16.7. The number of benzene rings is 2. The number of nitrogens with two attached hydrogens (primary N) is 1. The van der Waals surface area contributed by atoms with Gasteiger partial charge in [0.15, 0.2) is 0 Å². The number of nitrogens with zero attached hydrogens (tertiary/aromatic N) is 1. The molecule has 162 valence electrons. The van der Waals surface area contributed by atoms with E-state index in [0.29, 0.717) is 28.4 Å². The van der Waals surface area contributed by atoms with Gasteiger partial charge in [0, 0.05) is 36.9 Å². The Morgan fingerprint density at radius 3 is 2.63 bits per heavy atom. The third-order valence-electron chi connectivity index (χ3n) is 5.12. The van der Waals surface area contributed by atoms with Gasteiger partial charge in [-0.15, -0.1) is 0 Å². The highest BCUT2D eigenvalue weighted by Crippen LogP contribution is 2.26. The van der Waals surface area contributed by atoms with Crippen molar-refractivity contribution < 1.29 is 14.6 Å². The average molecular weight is 452 g/mol. The first-order chi connectivity index (χ1) is 14.4. The Balaban J connectivity index is 1.41. The highest BCUT2D eigenvalue weighted by Gasteiger charge is 2.21. The van der Waals surface area contributed by atoms with Gasteiger partial charge in [0.05, 0.1) is 16.5 Å². The van der Waals surface area contributed by atoms with Crippen LogP contribution in [-0.4, -0.2) is 54.3 Å². The fraction of sp³-hybridized carbons (Fsp3) is 0.409. The third kappa shape index (κ3) is 6.77. The topological polar surface area (TPSA) is 87.8 Å². The molecule has 3 rings (SSSR count). The van der Waals surface area contributed by atoms with Gasteiger partial charge in [0.25, 0.3) is 0 Å². The van der Waals surface area contributed by atoms with Crippen LogP contribution in [0, 0.1) is 0 Å². The molecule has 6 nitrogen and oxygen atoms in total. The van der Waals surface area contributed by atoms with Crippen LogP contribution in [0.4, 0.5) is 5.69 Å². The molecule has 4 N–H and O–H groups in total. The van der Waals surface area contributed by atoms with Crippen molar-refractivity contribution in [3.63, 3.8) is 0 Å². The molecule has 0 bridgehead atoms. The van der Waals surface area contributed by atoms with Crippen molar-refractivity contribution in [3.05, 3.63) is 58.1 Å². The summed E-state index contributed by atoms with van der Waals surface area (Å²) in [6.45, 7) is 2.47. The van der Waals surface area contributed by atoms with Crippen LogP contribution in [-0.2, 0) is 11.2 Å². The molecule has 1 fully saturated rings. The van der Waals surface area contributed by atoms with Crippen LogP contribution in [0.3, 0.4) is 0 Å². The number of hydrogen-bond donors (Lipinski definition) is 3. The molecule has 1 saturated heterocycles. The number of anilines is 1. The van der Waals surface area contributed by atoms with Gasteiger partial charge in [-0.3, -0.25) is 4.79 Å². The van der Waals surface area contributed by atoms with Gasteiger partial charge in [-0.05, 0) is 37.1 Å². The first-order valence-electron chi connectivity index (χ1n) is 10.0. The molecular formula is C22H27Cl2N3O3. The van der Waals surface area contributed by atoms with Crippen LogP contribution in [0.5, 0.6) is 5.75 Å². The highest BCUT2D eigenvalue weighted by molar-refractivity contribution is 6.42. The molecular weight excluding hydrogens is 425 g/mol. The van der Waals surface area contributed by atoms with Crippen molar-refractivity contribution in [2.24, 2.45) is 5.73 Å². The summed E-state index contributed by atoms with van der Waals surface area (Å²) >= 11 is 12.0.